The highest BCUT2D eigenvalue weighted by molar-refractivity contribution is 5.75. The van der Waals surface area contributed by atoms with E-state index in [1.54, 1.807) is 42.1 Å². The third kappa shape index (κ3) is 5.32. The molecule has 34 heavy (non-hydrogen) atoms. The van der Waals surface area contributed by atoms with Crippen LogP contribution in [0.4, 0.5) is 5.82 Å². The Balaban J connectivity index is 1.31. The first-order valence-electron chi connectivity index (χ1n) is 11.2. The fourth-order valence-corrected chi connectivity index (χ4v) is 4.21. The van der Waals surface area contributed by atoms with Gasteiger partial charge in [0.2, 0.25) is 5.75 Å². The number of hydrogen-bond donors (Lipinski definition) is 1. The summed E-state index contributed by atoms with van der Waals surface area (Å²) in [5.74, 6) is 0.505. The normalized spacial score (nSPS) is 14.9. The summed E-state index contributed by atoms with van der Waals surface area (Å²) < 4.78 is 12.0. The standard InChI is InChI=1S/C23H28N6O5/c1-33-18-13-20-19(25-15-18)4-6-22(30)28(20)12-11-27-9-7-16(8-10-27)24-14-17-3-5-21(34-2)23(26-17)29(31)32/h3-6,13,15-16,24H,7-12,14H2,1-2H3. The molecular weight excluding hydrogens is 440 g/mol. The number of nitro groups is 1. The van der Waals surface area contributed by atoms with Gasteiger partial charge in [0.1, 0.15) is 5.75 Å². The predicted octanol–water partition coefficient (Wildman–Crippen LogP) is 1.97. The SMILES string of the molecule is COc1cnc2ccc(=O)n(CCN3CCC(NCc4ccc(OC)c([N+](=O)[O-])n4)CC3)c2c1. The Morgan fingerprint density at radius 2 is 1.94 bits per heavy atom. The number of piperidine rings is 1. The zero-order valence-electron chi connectivity index (χ0n) is 19.3. The summed E-state index contributed by atoms with van der Waals surface area (Å²) in [6.07, 6.45) is 3.53. The summed E-state index contributed by atoms with van der Waals surface area (Å²) in [6, 6.07) is 8.74. The van der Waals surface area contributed by atoms with Gasteiger partial charge in [-0.3, -0.25) is 9.78 Å². The lowest BCUT2D eigenvalue weighted by molar-refractivity contribution is -0.390. The van der Waals surface area contributed by atoms with E-state index in [1.165, 1.54) is 7.11 Å². The fraction of sp³-hybridized carbons (Fsp3) is 0.435. The number of hydrogen-bond acceptors (Lipinski definition) is 9. The fourth-order valence-electron chi connectivity index (χ4n) is 4.21. The van der Waals surface area contributed by atoms with Crippen molar-refractivity contribution in [3.8, 4) is 11.5 Å². The first kappa shape index (κ1) is 23.6. The zero-order valence-corrected chi connectivity index (χ0v) is 19.3. The topological polar surface area (TPSA) is 125 Å². The highest BCUT2D eigenvalue weighted by Gasteiger charge is 2.22. The van der Waals surface area contributed by atoms with Gasteiger partial charge >= 0.3 is 5.82 Å². The molecule has 3 aromatic rings. The molecule has 0 saturated carbocycles. The molecule has 0 unspecified atom stereocenters. The number of aromatic nitrogens is 3. The van der Waals surface area contributed by atoms with Gasteiger partial charge in [0.15, 0.2) is 5.69 Å². The van der Waals surface area contributed by atoms with Crippen molar-refractivity contribution >= 4 is 16.9 Å². The number of ether oxygens (including phenoxy) is 2. The molecule has 4 heterocycles. The first-order valence-corrected chi connectivity index (χ1v) is 11.2. The average molecular weight is 469 g/mol. The molecule has 180 valence electrons. The van der Waals surface area contributed by atoms with Gasteiger partial charge in [-0.1, -0.05) is 0 Å². The van der Waals surface area contributed by atoms with Gasteiger partial charge in [0, 0.05) is 31.3 Å². The quantitative estimate of drug-likeness (QED) is 0.371. The number of likely N-dealkylation sites (tertiary alicyclic amines) is 1. The second-order valence-corrected chi connectivity index (χ2v) is 8.19. The number of fused-ring (bicyclic) bond motifs is 1. The van der Waals surface area contributed by atoms with Crippen molar-refractivity contribution in [3.63, 3.8) is 0 Å². The number of methoxy groups -OCH3 is 2. The van der Waals surface area contributed by atoms with Crippen molar-refractivity contribution in [1.29, 1.82) is 0 Å². The maximum absolute atomic E-state index is 12.5. The monoisotopic (exact) mass is 468 g/mol. The van der Waals surface area contributed by atoms with Crippen LogP contribution in [0.2, 0.25) is 0 Å². The molecular formula is C23H28N6O5. The summed E-state index contributed by atoms with van der Waals surface area (Å²) in [5, 5.41) is 14.6. The van der Waals surface area contributed by atoms with E-state index in [4.69, 9.17) is 9.47 Å². The Bertz CT molecular complexity index is 1220. The molecule has 0 bridgehead atoms. The molecule has 1 fully saturated rings. The molecule has 3 aromatic heterocycles. The van der Waals surface area contributed by atoms with Crippen LogP contribution in [0.25, 0.3) is 11.0 Å². The third-order valence-electron chi connectivity index (χ3n) is 6.14. The van der Waals surface area contributed by atoms with Gasteiger partial charge < -0.3 is 34.4 Å². The van der Waals surface area contributed by atoms with E-state index in [2.05, 4.69) is 20.2 Å². The lowest BCUT2D eigenvalue weighted by atomic mass is 10.0. The van der Waals surface area contributed by atoms with E-state index in [-0.39, 0.29) is 17.1 Å². The van der Waals surface area contributed by atoms with Crippen molar-refractivity contribution in [2.45, 2.75) is 32.0 Å². The molecule has 0 atom stereocenters. The molecule has 1 aliphatic rings. The lowest BCUT2D eigenvalue weighted by Gasteiger charge is -2.32. The second-order valence-electron chi connectivity index (χ2n) is 8.19. The summed E-state index contributed by atoms with van der Waals surface area (Å²) in [7, 11) is 2.97. The van der Waals surface area contributed by atoms with Gasteiger partial charge in [-0.15, -0.1) is 0 Å². The number of nitrogens with one attached hydrogen (secondary N) is 1. The number of rotatable bonds is 9. The average Bonchev–Trinajstić information content (AvgIpc) is 2.87. The van der Waals surface area contributed by atoms with Crippen LogP contribution in [0.15, 0.2) is 41.3 Å². The molecule has 1 N–H and O–H groups in total. The largest absolute Gasteiger partial charge is 0.495 e. The Morgan fingerprint density at radius 3 is 2.65 bits per heavy atom. The van der Waals surface area contributed by atoms with E-state index >= 15 is 0 Å². The number of nitrogens with zero attached hydrogens (tertiary/aromatic N) is 5. The van der Waals surface area contributed by atoms with E-state index in [0.717, 1.165) is 43.5 Å². The smallest absolute Gasteiger partial charge is 0.406 e. The van der Waals surface area contributed by atoms with Crippen LogP contribution in [-0.2, 0) is 13.1 Å². The molecule has 0 aromatic carbocycles. The van der Waals surface area contributed by atoms with Crippen molar-refractivity contribution in [2.24, 2.45) is 0 Å². The van der Waals surface area contributed by atoms with Crippen molar-refractivity contribution in [2.75, 3.05) is 33.9 Å². The molecule has 4 rings (SSSR count). The van der Waals surface area contributed by atoms with Crippen molar-refractivity contribution in [1.82, 2.24) is 24.8 Å². The first-order chi connectivity index (χ1) is 16.5. The Kier molecular flexibility index (Phi) is 7.33. The van der Waals surface area contributed by atoms with Gasteiger partial charge in [-0.25, -0.2) is 0 Å². The molecule has 0 radical (unpaired) electrons. The highest BCUT2D eigenvalue weighted by atomic mass is 16.6. The summed E-state index contributed by atoms with van der Waals surface area (Å²) >= 11 is 0. The number of pyridine rings is 3. The van der Waals surface area contributed by atoms with Crippen LogP contribution in [0.5, 0.6) is 11.5 Å². The molecule has 0 spiro atoms. The van der Waals surface area contributed by atoms with Crippen molar-refractivity contribution < 1.29 is 14.4 Å². The Labute approximate surface area is 196 Å². The van der Waals surface area contributed by atoms with Crippen LogP contribution < -0.4 is 20.3 Å². The Hall–Kier alpha value is -3.57. The van der Waals surface area contributed by atoms with Crippen LogP contribution in [0.3, 0.4) is 0 Å². The third-order valence-corrected chi connectivity index (χ3v) is 6.14. The van der Waals surface area contributed by atoms with Crippen LogP contribution in [0, 0.1) is 10.1 Å². The van der Waals surface area contributed by atoms with Gasteiger partial charge in [-0.2, -0.15) is 0 Å². The van der Waals surface area contributed by atoms with Gasteiger partial charge in [0.05, 0.1) is 38.0 Å². The maximum atomic E-state index is 12.5. The maximum Gasteiger partial charge on any atom is 0.406 e. The van der Waals surface area contributed by atoms with E-state index in [9.17, 15) is 14.9 Å². The van der Waals surface area contributed by atoms with Gasteiger partial charge in [0.25, 0.3) is 5.56 Å². The van der Waals surface area contributed by atoms with Crippen LogP contribution >= 0.6 is 0 Å². The van der Waals surface area contributed by atoms with Crippen LogP contribution in [0.1, 0.15) is 18.5 Å². The lowest BCUT2D eigenvalue weighted by Crippen LogP contribution is -2.43. The van der Waals surface area contributed by atoms with E-state index in [0.29, 0.717) is 30.6 Å². The minimum Gasteiger partial charge on any atom is -0.495 e. The molecule has 0 amide bonds. The molecule has 1 aliphatic heterocycles. The second kappa shape index (κ2) is 10.6. The zero-order chi connectivity index (χ0) is 24.1. The minimum absolute atomic E-state index is 0.0554. The minimum atomic E-state index is -0.533. The molecule has 0 aliphatic carbocycles. The van der Waals surface area contributed by atoms with E-state index in [1.807, 2.05) is 6.07 Å². The van der Waals surface area contributed by atoms with Gasteiger partial charge in [-0.05, 0) is 54.0 Å². The summed E-state index contributed by atoms with van der Waals surface area (Å²) in [5.41, 5.74) is 2.08. The predicted molar refractivity (Wildman–Crippen MR) is 126 cm³/mol. The Morgan fingerprint density at radius 1 is 1.15 bits per heavy atom. The van der Waals surface area contributed by atoms with Crippen molar-refractivity contribution in [3.05, 3.63) is 62.7 Å². The summed E-state index contributed by atoms with van der Waals surface area (Å²) in [6.45, 7) is 3.58. The highest BCUT2D eigenvalue weighted by Crippen LogP contribution is 2.24. The summed E-state index contributed by atoms with van der Waals surface area (Å²) in [4.78, 5) is 34.0. The molecule has 11 nitrogen and oxygen atoms in total. The van der Waals surface area contributed by atoms with Crippen LogP contribution in [-0.4, -0.2) is 64.3 Å². The van der Waals surface area contributed by atoms with E-state index < -0.39 is 4.92 Å². The molecule has 11 heteroatoms. The molecule has 1 saturated heterocycles.